The van der Waals surface area contributed by atoms with Gasteiger partial charge in [-0.05, 0) is 26.7 Å². The zero-order valence-corrected chi connectivity index (χ0v) is 11.9. The minimum Gasteiger partial charge on any atom is -0.481 e. The van der Waals surface area contributed by atoms with Crippen LogP contribution in [0.15, 0.2) is 0 Å². The van der Waals surface area contributed by atoms with Gasteiger partial charge in [0.1, 0.15) is 5.54 Å². The highest BCUT2D eigenvalue weighted by Gasteiger charge is 2.18. The van der Waals surface area contributed by atoms with Gasteiger partial charge in [-0.1, -0.05) is 0 Å². The van der Waals surface area contributed by atoms with E-state index in [1.165, 1.54) is 6.92 Å². The number of nitriles is 1. The molecule has 116 valence electrons. The predicted octanol–water partition coefficient (Wildman–Crippen LogP) is -0.381. The number of aliphatic carboxylic acids is 2. The minimum atomic E-state index is -1.00. The fraction of sp³-hybridized carbons (Fsp3) is 0.750. The van der Waals surface area contributed by atoms with Crippen LogP contribution in [0.25, 0.3) is 0 Å². The first-order valence-corrected chi connectivity index (χ1v) is 6.08. The maximum absolute atomic E-state index is 10.1. The predicted molar refractivity (Wildman–Crippen MR) is 73.6 cm³/mol. The highest BCUT2D eigenvalue weighted by atomic mass is 16.4. The first kappa shape index (κ1) is 20.6. The Labute approximate surface area is 118 Å². The Bertz CT molecular complexity index is 361. The molecule has 0 radical (unpaired) electrons. The Balaban J connectivity index is 0. The van der Waals surface area contributed by atoms with Crippen molar-refractivity contribution in [3.63, 3.8) is 0 Å². The highest BCUT2D eigenvalue weighted by molar-refractivity contribution is 5.67. The third-order valence-corrected chi connectivity index (χ3v) is 2.49. The molecule has 0 aliphatic rings. The molecule has 0 rings (SSSR count). The van der Waals surface area contributed by atoms with Crippen molar-refractivity contribution in [2.24, 2.45) is 17.2 Å². The topological polar surface area (TPSA) is 176 Å². The third-order valence-electron chi connectivity index (χ3n) is 2.49. The molecule has 0 amide bonds. The molecule has 0 aliphatic heterocycles. The lowest BCUT2D eigenvalue weighted by Gasteiger charge is -2.20. The van der Waals surface area contributed by atoms with Crippen LogP contribution >= 0.6 is 0 Å². The molecule has 0 aromatic carbocycles. The molecule has 8 nitrogen and oxygen atoms in total. The summed E-state index contributed by atoms with van der Waals surface area (Å²) in [5.41, 5.74) is 14.7. The second-order valence-corrected chi connectivity index (χ2v) is 5.17. The van der Waals surface area contributed by atoms with E-state index >= 15 is 0 Å². The summed E-state index contributed by atoms with van der Waals surface area (Å²) in [5.74, 6) is -1.75. The van der Waals surface area contributed by atoms with E-state index in [0.717, 1.165) is 0 Å². The van der Waals surface area contributed by atoms with Crippen LogP contribution in [0.1, 0.15) is 39.5 Å². The molecule has 0 saturated carbocycles. The van der Waals surface area contributed by atoms with Crippen molar-refractivity contribution in [2.75, 3.05) is 6.54 Å². The Morgan fingerprint density at radius 1 is 1.10 bits per heavy atom. The van der Waals surface area contributed by atoms with Gasteiger partial charge in [-0.2, -0.15) is 5.26 Å². The molecule has 0 spiro atoms. The zero-order valence-electron chi connectivity index (χ0n) is 11.9. The summed E-state index contributed by atoms with van der Waals surface area (Å²) in [5, 5.41) is 24.8. The van der Waals surface area contributed by atoms with Gasteiger partial charge in [-0.15, -0.1) is 0 Å². The lowest BCUT2D eigenvalue weighted by Crippen LogP contribution is -2.44. The summed E-state index contributed by atoms with van der Waals surface area (Å²) in [6.07, 6.45) is 0.655. The normalized spacial score (nSPS) is 15.8. The lowest BCUT2D eigenvalue weighted by molar-refractivity contribution is -0.138. The van der Waals surface area contributed by atoms with Crippen LogP contribution in [0.2, 0.25) is 0 Å². The molecule has 8 N–H and O–H groups in total. The van der Waals surface area contributed by atoms with Crippen molar-refractivity contribution >= 4 is 11.9 Å². The number of hydrogen-bond donors (Lipinski definition) is 5. The standard InChI is InChI=1S/C6H14N2O2.C6H10N2O2/c2*1-6(8,4-7)3-2-5(9)10/h2-4,7-8H2,1H3,(H,9,10);2-3,8H2,1H3,(H,9,10). The van der Waals surface area contributed by atoms with Gasteiger partial charge in [0.15, 0.2) is 0 Å². The van der Waals surface area contributed by atoms with Gasteiger partial charge in [0, 0.05) is 24.9 Å². The van der Waals surface area contributed by atoms with Crippen molar-refractivity contribution in [2.45, 2.75) is 50.6 Å². The molecule has 0 aromatic heterocycles. The van der Waals surface area contributed by atoms with Crippen molar-refractivity contribution in [1.82, 2.24) is 0 Å². The SMILES string of the molecule is CC(N)(C#N)CCC(=O)O.CC(N)(CN)CCC(=O)O. The average molecular weight is 288 g/mol. The molecule has 20 heavy (non-hydrogen) atoms. The molecule has 0 saturated heterocycles. The second-order valence-electron chi connectivity index (χ2n) is 5.17. The molecule has 0 heterocycles. The van der Waals surface area contributed by atoms with Gasteiger partial charge in [0.05, 0.1) is 6.07 Å². The van der Waals surface area contributed by atoms with E-state index in [1.807, 2.05) is 6.07 Å². The summed E-state index contributed by atoms with van der Waals surface area (Å²) in [7, 11) is 0. The highest BCUT2D eigenvalue weighted by Crippen LogP contribution is 2.06. The third kappa shape index (κ3) is 14.4. The molecular formula is C12H24N4O4. The Morgan fingerprint density at radius 2 is 1.50 bits per heavy atom. The quantitative estimate of drug-likeness (QED) is 0.420. The van der Waals surface area contributed by atoms with Crippen LogP contribution in [0.5, 0.6) is 0 Å². The van der Waals surface area contributed by atoms with E-state index < -0.39 is 23.0 Å². The Hall–Kier alpha value is -1.69. The first-order valence-electron chi connectivity index (χ1n) is 6.08. The summed E-state index contributed by atoms with van der Waals surface area (Å²) < 4.78 is 0. The van der Waals surface area contributed by atoms with Crippen molar-refractivity contribution in [3.8, 4) is 6.07 Å². The number of carbonyl (C=O) groups is 2. The van der Waals surface area contributed by atoms with E-state index in [0.29, 0.717) is 13.0 Å². The van der Waals surface area contributed by atoms with Gasteiger partial charge in [-0.3, -0.25) is 9.59 Å². The number of hydrogen-bond acceptors (Lipinski definition) is 6. The zero-order chi connectivity index (χ0) is 16.4. The smallest absolute Gasteiger partial charge is 0.303 e. The van der Waals surface area contributed by atoms with Crippen LogP contribution in [0.3, 0.4) is 0 Å². The maximum Gasteiger partial charge on any atom is 0.303 e. The molecular weight excluding hydrogens is 264 g/mol. The molecule has 0 bridgehead atoms. The molecule has 2 unspecified atom stereocenters. The number of carboxylic acid groups (broad SMARTS) is 2. The molecule has 8 heteroatoms. The summed E-state index contributed by atoms with van der Waals surface area (Å²) in [6, 6.07) is 1.81. The van der Waals surface area contributed by atoms with Crippen LogP contribution in [-0.4, -0.2) is 39.8 Å². The van der Waals surface area contributed by atoms with E-state index in [2.05, 4.69) is 0 Å². The summed E-state index contributed by atoms with van der Waals surface area (Å²) in [6.45, 7) is 3.58. The summed E-state index contributed by atoms with van der Waals surface area (Å²) >= 11 is 0. The van der Waals surface area contributed by atoms with Crippen molar-refractivity contribution < 1.29 is 19.8 Å². The first-order chi connectivity index (χ1) is 8.95. The Kier molecular flexibility index (Phi) is 9.54. The van der Waals surface area contributed by atoms with E-state index in [9.17, 15) is 9.59 Å². The minimum absolute atomic E-state index is 0.0550. The van der Waals surface area contributed by atoms with E-state index in [4.69, 9.17) is 32.7 Å². The van der Waals surface area contributed by atoms with Crippen LogP contribution < -0.4 is 17.2 Å². The van der Waals surface area contributed by atoms with Crippen LogP contribution in [-0.2, 0) is 9.59 Å². The van der Waals surface area contributed by atoms with Crippen LogP contribution in [0.4, 0.5) is 0 Å². The van der Waals surface area contributed by atoms with Crippen molar-refractivity contribution in [3.05, 3.63) is 0 Å². The van der Waals surface area contributed by atoms with Crippen molar-refractivity contribution in [1.29, 1.82) is 5.26 Å². The lowest BCUT2D eigenvalue weighted by atomic mass is 9.98. The van der Waals surface area contributed by atoms with E-state index in [-0.39, 0.29) is 19.3 Å². The van der Waals surface area contributed by atoms with Gasteiger partial charge >= 0.3 is 11.9 Å². The van der Waals surface area contributed by atoms with E-state index in [1.54, 1.807) is 6.92 Å². The van der Waals surface area contributed by atoms with Gasteiger partial charge in [0.25, 0.3) is 0 Å². The van der Waals surface area contributed by atoms with Gasteiger partial charge in [-0.25, -0.2) is 0 Å². The number of nitrogens with two attached hydrogens (primary N) is 3. The molecule has 0 aliphatic carbocycles. The fourth-order valence-corrected chi connectivity index (χ4v) is 0.917. The average Bonchev–Trinajstić information content (AvgIpc) is 2.35. The number of carboxylic acids is 2. The number of rotatable bonds is 7. The monoisotopic (exact) mass is 288 g/mol. The van der Waals surface area contributed by atoms with Crippen LogP contribution in [0, 0.1) is 11.3 Å². The maximum atomic E-state index is 10.1. The Morgan fingerprint density at radius 3 is 1.80 bits per heavy atom. The molecule has 2 atom stereocenters. The van der Waals surface area contributed by atoms with Gasteiger partial charge < -0.3 is 27.4 Å². The number of nitrogens with zero attached hydrogens (tertiary/aromatic N) is 1. The molecule has 0 aromatic rings. The summed E-state index contributed by atoms with van der Waals surface area (Å²) in [4.78, 5) is 20.1. The largest absolute Gasteiger partial charge is 0.481 e. The van der Waals surface area contributed by atoms with Gasteiger partial charge in [0.2, 0.25) is 0 Å². The second kappa shape index (κ2) is 9.25. The molecule has 0 fully saturated rings. The fourth-order valence-electron chi connectivity index (χ4n) is 0.917.